The Bertz CT molecular complexity index is 1590. The molecule has 0 spiro atoms. The zero-order valence-electron chi connectivity index (χ0n) is 21.1. The van der Waals surface area contributed by atoms with Gasteiger partial charge in [-0.2, -0.15) is 8.42 Å². The average Bonchev–Trinajstić information content (AvgIpc) is 2.86. The molecule has 3 heterocycles. The molecule has 0 aliphatic rings. The van der Waals surface area contributed by atoms with Gasteiger partial charge in [0.25, 0.3) is 15.9 Å². The van der Waals surface area contributed by atoms with Crippen LogP contribution < -0.4 is 14.2 Å². The van der Waals surface area contributed by atoms with E-state index < -0.39 is 15.9 Å². The van der Waals surface area contributed by atoms with E-state index in [-0.39, 0.29) is 19.3 Å². The first-order valence-corrected chi connectivity index (χ1v) is 12.8. The van der Waals surface area contributed by atoms with Crippen LogP contribution in [0, 0.1) is 27.7 Å². The quantitative estimate of drug-likeness (QED) is 0.352. The summed E-state index contributed by atoms with van der Waals surface area (Å²) in [5, 5.41) is -0.265. The number of amides is 1. The molecule has 10 heteroatoms. The van der Waals surface area contributed by atoms with Crippen LogP contribution in [0.4, 0.5) is 0 Å². The first kappa shape index (κ1) is 25.8. The number of ether oxygens (including phenoxy) is 2. The molecule has 194 valence electrons. The largest absolute Gasteiger partial charge is 0.481 e. The second-order valence-corrected chi connectivity index (χ2v) is 10.1. The predicted molar refractivity (Wildman–Crippen MR) is 143 cm³/mol. The van der Waals surface area contributed by atoms with Gasteiger partial charge < -0.3 is 9.47 Å². The van der Waals surface area contributed by atoms with Gasteiger partial charge in [-0.15, -0.1) is 0 Å². The molecule has 1 aromatic carbocycles. The van der Waals surface area contributed by atoms with Crippen LogP contribution >= 0.6 is 0 Å². The predicted octanol–water partition coefficient (Wildman–Crippen LogP) is 5.18. The second kappa shape index (κ2) is 10.4. The smallest absolute Gasteiger partial charge is 0.281 e. The Labute approximate surface area is 218 Å². The zero-order chi connectivity index (χ0) is 26.7. The minimum atomic E-state index is -4.24. The third kappa shape index (κ3) is 5.75. The van der Waals surface area contributed by atoms with Crippen molar-refractivity contribution in [3.63, 3.8) is 0 Å². The van der Waals surface area contributed by atoms with Crippen LogP contribution in [-0.2, 0) is 10.0 Å². The van der Waals surface area contributed by atoms with Gasteiger partial charge in [-0.25, -0.2) is 19.7 Å². The molecule has 0 unspecified atom stereocenters. The fraction of sp³-hybridized carbons (Fsp3) is 0.185. The number of pyridine rings is 3. The van der Waals surface area contributed by atoms with Crippen LogP contribution in [0.1, 0.15) is 35.6 Å². The van der Waals surface area contributed by atoms with Crippen molar-refractivity contribution < 1.29 is 25.5 Å². The van der Waals surface area contributed by atoms with Crippen LogP contribution in [0.3, 0.4) is 0 Å². The molecule has 0 radical (unpaired) electrons. The summed E-state index contributed by atoms with van der Waals surface area (Å²) in [4.78, 5) is 26.2. The summed E-state index contributed by atoms with van der Waals surface area (Å²) < 4.78 is 39.2. The monoisotopic (exact) mass is 522 g/mol. The van der Waals surface area contributed by atoms with Crippen LogP contribution in [0.2, 0.25) is 0 Å². The van der Waals surface area contributed by atoms with Crippen molar-refractivity contribution in [2.24, 2.45) is 0 Å². The number of nitrogens with zero attached hydrogens (tertiary/aromatic N) is 3. The number of carbonyl (C=O) groups is 1. The second-order valence-electron chi connectivity index (χ2n) is 8.50. The highest BCUT2D eigenvalue weighted by molar-refractivity contribution is 7.90. The Hall–Kier alpha value is -4.31. The Kier molecular flexibility index (Phi) is 7.21. The molecule has 0 bridgehead atoms. The number of hydrogen-bond acceptors (Lipinski definition) is 8. The highest BCUT2D eigenvalue weighted by Crippen LogP contribution is 2.32. The summed E-state index contributed by atoms with van der Waals surface area (Å²) in [5.41, 5.74) is 4.07. The van der Waals surface area contributed by atoms with Gasteiger partial charge in [0.1, 0.15) is 11.3 Å². The number of carbonyl (C=O) groups excluding carboxylic acids is 1. The molecule has 1 amide bonds. The number of benzene rings is 1. The number of sulfonamides is 1. The van der Waals surface area contributed by atoms with Gasteiger partial charge in [-0.05, 0) is 69.2 Å². The minimum Gasteiger partial charge on any atom is -0.481 e. The molecule has 37 heavy (non-hydrogen) atoms. The van der Waals surface area contributed by atoms with Crippen molar-refractivity contribution in [3.8, 4) is 28.9 Å². The van der Waals surface area contributed by atoms with Gasteiger partial charge >= 0.3 is 0 Å². The fourth-order valence-corrected chi connectivity index (χ4v) is 4.81. The highest BCUT2D eigenvalue weighted by atomic mass is 32.2. The molecule has 0 saturated heterocycles. The van der Waals surface area contributed by atoms with Crippen LogP contribution in [0.25, 0.3) is 11.4 Å². The molecule has 0 aliphatic heterocycles. The molecule has 0 fully saturated rings. The molecule has 4 aromatic rings. The Morgan fingerprint density at radius 3 is 2.22 bits per heavy atom. The van der Waals surface area contributed by atoms with E-state index in [0.717, 1.165) is 16.7 Å². The van der Waals surface area contributed by atoms with E-state index in [4.69, 9.17) is 9.47 Å². The summed E-state index contributed by atoms with van der Waals surface area (Å²) in [7, 11) is -2.73. The van der Waals surface area contributed by atoms with E-state index in [1.807, 2.05) is 32.9 Å². The first-order valence-electron chi connectivity index (χ1n) is 11.4. The Morgan fingerprint density at radius 1 is 0.865 bits per heavy atom. The molecule has 4 rings (SSSR count). The number of methoxy groups -OCH3 is 1. The first-order chi connectivity index (χ1) is 17.6. The average molecular weight is 523 g/mol. The number of aromatic nitrogens is 3. The van der Waals surface area contributed by atoms with E-state index >= 15 is 0 Å². The van der Waals surface area contributed by atoms with E-state index in [2.05, 4.69) is 19.7 Å². The SMILES string of the molecule is COc1cccc(-c2ccc(C(=O)NS(=O)(=O)c3cccc(C)n3)c(Oc3c(C)cc(C)cc3C)n2)n1.[HH].[HH]. The van der Waals surface area contributed by atoms with Crippen molar-refractivity contribution in [3.05, 3.63) is 88.6 Å². The van der Waals surface area contributed by atoms with Gasteiger partial charge in [0.2, 0.25) is 11.8 Å². The van der Waals surface area contributed by atoms with Crippen molar-refractivity contribution >= 4 is 15.9 Å². The summed E-state index contributed by atoms with van der Waals surface area (Å²) in [5.74, 6) is -0.0582. The molecular formula is C27H30N4O5S. The highest BCUT2D eigenvalue weighted by Gasteiger charge is 2.25. The summed E-state index contributed by atoms with van der Waals surface area (Å²) in [6.45, 7) is 7.40. The summed E-state index contributed by atoms with van der Waals surface area (Å²) >= 11 is 0. The van der Waals surface area contributed by atoms with Gasteiger partial charge in [0.05, 0.1) is 18.5 Å². The van der Waals surface area contributed by atoms with Crippen molar-refractivity contribution in [1.29, 1.82) is 0 Å². The van der Waals surface area contributed by atoms with E-state index in [9.17, 15) is 13.2 Å². The number of rotatable bonds is 7. The maximum atomic E-state index is 13.2. The lowest BCUT2D eigenvalue weighted by atomic mass is 10.1. The molecular weight excluding hydrogens is 492 g/mol. The van der Waals surface area contributed by atoms with Gasteiger partial charge in [-0.3, -0.25) is 4.79 Å². The van der Waals surface area contributed by atoms with Crippen LogP contribution in [0.5, 0.6) is 17.5 Å². The minimum absolute atomic E-state index is 0. The lowest BCUT2D eigenvalue weighted by Crippen LogP contribution is -2.31. The van der Waals surface area contributed by atoms with Gasteiger partial charge in [-0.1, -0.05) is 29.8 Å². The Morgan fingerprint density at radius 2 is 1.54 bits per heavy atom. The molecule has 0 aliphatic carbocycles. The van der Waals surface area contributed by atoms with Crippen molar-refractivity contribution in [1.82, 2.24) is 19.7 Å². The molecule has 9 nitrogen and oxygen atoms in total. The van der Waals surface area contributed by atoms with E-state index in [0.29, 0.717) is 28.7 Å². The molecule has 0 saturated carbocycles. The van der Waals surface area contributed by atoms with Crippen molar-refractivity contribution in [2.45, 2.75) is 32.7 Å². The summed E-state index contributed by atoms with van der Waals surface area (Å²) in [6.07, 6.45) is 0. The van der Waals surface area contributed by atoms with Crippen LogP contribution in [-0.4, -0.2) is 36.4 Å². The van der Waals surface area contributed by atoms with Gasteiger partial charge in [0, 0.05) is 14.6 Å². The van der Waals surface area contributed by atoms with E-state index in [1.54, 1.807) is 43.3 Å². The lowest BCUT2D eigenvalue weighted by molar-refractivity contribution is 0.0978. The zero-order valence-corrected chi connectivity index (χ0v) is 21.9. The number of hydrogen-bond donors (Lipinski definition) is 1. The number of nitrogens with one attached hydrogen (secondary N) is 1. The molecule has 1 N–H and O–H groups in total. The maximum Gasteiger partial charge on any atom is 0.281 e. The maximum absolute atomic E-state index is 13.2. The normalized spacial score (nSPS) is 11.2. The molecule has 0 atom stereocenters. The lowest BCUT2D eigenvalue weighted by Gasteiger charge is -2.16. The van der Waals surface area contributed by atoms with Gasteiger partial charge in [0.15, 0.2) is 5.03 Å². The van der Waals surface area contributed by atoms with E-state index in [1.165, 1.54) is 19.2 Å². The number of aryl methyl sites for hydroxylation is 4. The summed E-state index contributed by atoms with van der Waals surface area (Å²) in [6, 6.07) is 16.6. The molecule has 3 aromatic heterocycles. The Balaban J connectivity index is 0.00000267. The van der Waals surface area contributed by atoms with Crippen molar-refractivity contribution in [2.75, 3.05) is 7.11 Å². The van der Waals surface area contributed by atoms with Crippen LogP contribution in [0.15, 0.2) is 65.7 Å². The third-order valence-electron chi connectivity index (χ3n) is 5.47. The standard InChI is InChI=1S/C27H26N4O5S.2H2/c1-16-14-17(2)25(18(3)15-16)36-27-20(12-13-22(30-27)21-9-7-10-23(29-21)35-5)26(32)31-37(33,34)24-11-6-8-19(4)28-24;;/h6-15H,1-5H3,(H,31,32);2*1H. The third-order valence-corrected chi connectivity index (χ3v) is 6.70. The topological polar surface area (TPSA) is 120 Å². The fourth-order valence-electron chi connectivity index (χ4n) is 3.83.